The third-order valence-corrected chi connectivity index (χ3v) is 6.08. The largest absolute Gasteiger partial charge is 0.508 e. The van der Waals surface area contributed by atoms with Gasteiger partial charge in [0.2, 0.25) is 0 Å². The highest BCUT2D eigenvalue weighted by molar-refractivity contribution is 7.92. The molecule has 10 nitrogen and oxygen atoms in total. The van der Waals surface area contributed by atoms with E-state index in [1.54, 1.807) is 24.3 Å². The van der Waals surface area contributed by atoms with Gasteiger partial charge in [0.25, 0.3) is 15.7 Å². The van der Waals surface area contributed by atoms with Gasteiger partial charge >= 0.3 is 0 Å². The molecule has 0 atom stereocenters. The number of ether oxygens (including phenoxy) is 1. The molecule has 3 aromatic rings. The minimum atomic E-state index is -4.20. The molecule has 0 heterocycles. The summed E-state index contributed by atoms with van der Waals surface area (Å²) in [6, 6.07) is 16.0. The van der Waals surface area contributed by atoms with Crippen LogP contribution in [0.3, 0.4) is 0 Å². The molecule has 33 heavy (non-hydrogen) atoms. The Labute approximate surface area is 190 Å². The molecule has 0 spiro atoms. The number of anilines is 2. The second-order valence-electron chi connectivity index (χ2n) is 6.84. The number of hydrogen-bond donors (Lipinski definition) is 3. The van der Waals surface area contributed by atoms with Gasteiger partial charge in [-0.1, -0.05) is 6.92 Å². The number of phenols is 1. The summed E-state index contributed by atoms with van der Waals surface area (Å²) in [7, 11) is -2.71. The molecular weight excluding hydrogens is 448 g/mol. The number of non-ortho nitro benzene ring substituents is 1. The number of hydrogen-bond acceptors (Lipinski definition) is 8. The molecule has 0 saturated heterocycles. The highest BCUT2D eigenvalue weighted by atomic mass is 32.2. The first-order chi connectivity index (χ1) is 15.7. The zero-order chi connectivity index (χ0) is 24.0. The minimum absolute atomic E-state index is 0.0614. The van der Waals surface area contributed by atoms with Gasteiger partial charge in [-0.3, -0.25) is 20.3 Å². The fourth-order valence-electron chi connectivity index (χ4n) is 2.94. The topological polar surface area (TPSA) is 143 Å². The lowest BCUT2D eigenvalue weighted by molar-refractivity contribution is -0.385. The number of nitro groups is 1. The van der Waals surface area contributed by atoms with Gasteiger partial charge in [0, 0.05) is 17.8 Å². The van der Waals surface area contributed by atoms with Gasteiger partial charge in [0.05, 0.1) is 23.4 Å². The smallest absolute Gasteiger partial charge is 0.270 e. The predicted molar refractivity (Wildman–Crippen MR) is 125 cm³/mol. The van der Waals surface area contributed by atoms with Crippen molar-refractivity contribution in [3.63, 3.8) is 0 Å². The zero-order valence-corrected chi connectivity index (χ0v) is 18.7. The predicted octanol–water partition coefficient (Wildman–Crippen LogP) is 4.34. The van der Waals surface area contributed by atoms with Gasteiger partial charge in [-0.25, -0.2) is 8.42 Å². The van der Waals surface area contributed by atoms with Crippen LogP contribution >= 0.6 is 0 Å². The average Bonchev–Trinajstić information content (AvgIpc) is 2.80. The monoisotopic (exact) mass is 470 g/mol. The molecule has 0 fully saturated rings. The molecule has 0 radical (unpaired) electrons. The van der Waals surface area contributed by atoms with E-state index < -0.39 is 14.9 Å². The van der Waals surface area contributed by atoms with Crippen molar-refractivity contribution in [2.24, 2.45) is 5.10 Å². The maximum atomic E-state index is 13.1. The van der Waals surface area contributed by atoms with Crippen LogP contribution in [0.2, 0.25) is 0 Å². The van der Waals surface area contributed by atoms with Crippen molar-refractivity contribution in [3.8, 4) is 11.5 Å². The zero-order valence-electron chi connectivity index (χ0n) is 17.8. The number of phenolic OH excluding ortho intramolecular Hbond substituents is 1. The van der Waals surface area contributed by atoms with Crippen molar-refractivity contribution >= 4 is 32.8 Å². The van der Waals surface area contributed by atoms with Crippen LogP contribution in [-0.4, -0.2) is 31.3 Å². The van der Waals surface area contributed by atoms with E-state index in [4.69, 9.17) is 4.74 Å². The Hall–Kier alpha value is -4.12. The van der Waals surface area contributed by atoms with Gasteiger partial charge in [0.1, 0.15) is 16.4 Å². The van der Waals surface area contributed by atoms with E-state index in [-0.39, 0.29) is 27.7 Å². The maximum absolute atomic E-state index is 13.1. The summed E-state index contributed by atoms with van der Waals surface area (Å²) in [5.41, 5.74) is 3.98. The molecule has 0 bridgehead atoms. The Morgan fingerprint density at radius 2 is 1.76 bits per heavy atom. The summed E-state index contributed by atoms with van der Waals surface area (Å²) in [6.45, 7) is 1.87. The molecule has 3 rings (SSSR count). The number of aromatic hydroxyl groups is 1. The Morgan fingerprint density at radius 1 is 1.09 bits per heavy atom. The molecule has 3 N–H and O–H groups in total. The normalized spacial score (nSPS) is 11.6. The molecular formula is C22H22N4O6S. The second kappa shape index (κ2) is 10.0. The number of rotatable bonds is 9. The third kappa shape index (κ3) is 5.77. The van der Waals surface area contributed by atoms with Crippen molar-refractivity contribution in [3.05, 3.63) is 82.4 Å². The fraction of sp³-hybridized carbons (Fsp3) is 0.136. The number of sulfonamides is 1. The number of nitrogens with zero attached hydrogens (tertiary/aromatic N) is 2. The second-order valence-corrected chi connectivity index (χ2v) is 8.49. The summed E-state index contributed by atoms with van der Waals surface area (Å²) in [4.78, 5) is 10.2. The molecule has 0 aromatic heterocycles. The Morgan fingerprint density at radius 3 is 2.33 bits per heavy atom. The standard InChI is InChI=1S/C22H22N4O6S/c1-3-20(15-4-9-18(27)10-5-15)23-24-21-13-8-17(26(28)29)14-22(21)33(30,31)25-16-6-11-19(32-2)12-7-16/h4-14,24-25,27H,3H2,1-2H3/b23-20-. The molecule has 0 saturated carbocycles. The fourth-order valence-corrected chi connectivity index (χ4v) is 4.17. The highest BCUT2D eigenvalue weighted by Crippen LogP contribution is 2.29. The van der Waals surface area contributed by atoms with Crippen LogP contribution in [0.4, 0.5) is 17.1 Å². The van der Waals surface area contributed by atoms with Crippen LogP contribution < -0.4 is 14.9 Å². The summed E-state index contributed by atoms with van der Waals surface area (Å²) < 4.78 is 33.7. The Kier molecular flexibility index (Phi) is 7.13. The minimum Gasteiger partial charge on any atom is -0.508 e. The van der Waals surface area contributed by atoms with Crippen LogP contribution in [-0.2, 0) is 10.0 Å². The molecule has 0 aliphatic rings. The third-order valence-electron chi connectivity index (χ3n) is 4.65. The quantitative estimate of drug-likeness (QED) is 0.240. The van der Waals surface area contributed by atoms with Crippen LogP contribution in [0.25, 0.3) is 0 Å². The van der Waals surface area contributed by atoms with Crippen LogP contribution in [0.5, 0.6) is 11.5 Å². The molecule has 172 valence electrons. The van der Waals surface area contributed by atoms with E-state index >= 15 is 0 Å². The summed E-state index contributed by atoms with van der Waals surface area (Å²) in [6.07, 6.45) is 0.511. The number of hydrazone groups is 1. The van der Waals surface area contributed by atoms with Crippen molar-refractivity contribution in [2.45, 2.75) is 18.2 Å². The van der Waals surface area contributed by atoms with E-state index in [0.29, 0.717) is 17.9 Å². The van der Waals surface area contributed by atoms with E-state index in [0.717, 1.165) is 11.6 Å². The van der Waals surface area contributed by atoms with Gasteiger partial charge in [-0.15, -0.1) is 0 Å². The van der Waals surface area contributed by atoms with Crippen molar-refractivity contribution in [2.75, 3.05) is 17.3 Å². The van der Waals surface area contributed by atoms with Crippen LogP contribution in [0.1, 0.15) is 18.9 Å². The van der Waals surface area contributed by atoms with E-state index in [9.17, 15) is 23.6 Å². The van der Waals surface area contributed by atoms with E-state index in [1.807, 2.05) is 6.92 Å². The number of benzene rings is 3. The van der Waals surface area contributed by atoms with Crippen molar-refractivity contribution in [1.29, 1.82) is 0 Å². The molecule has 0 amide bonds. The number of nitro benzene ring substituents is 1. The van der Waals surface area contributed by atoms with Crippen molar-refractivity contribution in [1.82, 2.24) is 0 Å². The number of methoxy groups -OCH3 is 1. The molecule has 0 aliphatic heterocycles. The Bertz CT molecular complexity index is 1270. The van der Waals surface area contributed by atoms with Crippen LogP contribution in [0, 0.1) is 10.1 Å². The lowest BCUT2D eigenvalue weighted by Crippen LogP contribution is -2.15. The first-order valence-corrected chi connectivity index (χ1v) is 11.3. The Balaban J connectivity index is 1.98. The summed E-state index contributed by atoms with van der Waals surface area (Å²) in [5.74, 6) is 0.654. The number of nitrogens with one attached hydrogen (secondary N) is 2. The SMILES string of the molecule is CC/C(=N/Nc1ccc([N+](=O)[O-])cc1S(=O)(=O)Nc1ccc(OC)cc1)c1ccc(O)cc1. The first-order valence-electron chi connectivity index (χ1n) is 9.80. The van der Waals surface area contributed by atoms with E-state index in [1.165, 1.54) is 43.5 Å². The molecule has 3 aromatic carbocycles. The van der Waals surface area contributed by atoms with Crippen molar-refractivity contribution < 1.29 is 23.2 Å². The van der Waals surface area contributed by atoms with Gasteiger partial charge < -0.3 is 9.84 Å². The lowest BCUT2D eigenvalue weighted by atomic mass is 10.1. The first kappa shape index (κ1) is 23.5. The lowest BCUT2D eigenvalue weighted by Gasteiger charge is -2.13. The van der Waals surface area contributed by atoms with Gasteiger partial charge in [-0.2, -0.15) is 5.10 Å². The summed E-state index contributed by atoms with van der Waals surface area (Å²) in [5, 5.41) is 25.0. The van der Waals surface area contributed by atoms with Gasteiger partial charge in [-0.05, 0) is 66.6 Å². The highest BCUT2D eigenvalue weighted by Gasteiger charge is 2.23. The maximum Gasteiger partial charge on any atom is 0.270 e. The van der Waals surface area contributed by atoms with E-state index in [2.05, 4.69) is 15.2 Å². The average molecular weight is 471 g/mol. The summed E-state index contributed by atoms with van der Waals surface area (Å²) >= 11 is 0. The molecule has 11 heteroatoms. The van der Waals surface area contributed by atoms with Gasteiger partial charge in [0.15, 0.2) is 0 Å². The molecule has 0 aliphatic carbocycles. The van der Waals surface area contributed by atoms with Crippen LogP contribution in [0.15, 0.2) is 76.7 Å². The molecule has 0 unspecified atom stereocenters.